The summed E-state index contributed by atoms with van der Waals surface area (Å²) in [6, 6.07) is 8.08. The van der Waals surface area contributed by atoms with Crippen LogP contribution in [0.4, 0.5) is 0 Å². The number of amides is 2. The van der Waals surface area contributed by atoms with Gasteiger partial charge in [0.1, 0.15) is 13.2 Å². The molecule has 0 aliphatic rings. The van der Waals surface area contributed by atoms with Crippen LogP contribution in [0.25, 0.3) is 0 Å². The Labute approximate surface area is 165 Å². The average molecular weight is 392 g/mol. The third-order valence-electron chi connectivity index (χ3n) is 3.86. The molecule has 0 aliphatic heterocycles. The van der Waals surface area contributed by atoms with E-state index in [0.29, 0.717) is 6.54 Å². The molecule has 8 heteroatoms. The molecular weight excluding hydrogens is 364 g/mol. The van der Waals surface area contributed by atoms with E-state index in [4.69, 9.17) is 9.47 Å². The van der Waals surface area contributed by atoms with Crippen LogP contribution in [0.3, 0.4) is 0 Å². The second kappa shape index (κ2) is 13.3. The summed E-state index contributed by atoms with van der Waals surface area (Å²) < 4.78 is 9.74. The first-order valence-electron chi connectivity index (χ1n) is 9.24. The first-order chi connectivity index (χ1) is 13.4. The number of hydrogen-bond acceptors (Lipinski definition) is 6. The molecule has 0 saturated heterocycles. The normalized spacial score (nSPS) is 10.1. The van der Waals surface area contributed by atoms with Gasteiger partial charge in [-0.05, 0) is 18.9 Å². The van der Waals surface area contributed by atoms with E-state index in [1.807, 2.05) is 31.2 Å². The number of aryl methyl sites for hydroxylation is 1. The van der Waals surface area contributed by atoms with Gasteiger partial charge in [-0.25, -0.2) is 0 Å². The first-order valence-corrected chi connectivity index (χ1v) is 9.24. The quantitative estimate of drug-likeness (QED) is 0.406. The van der Waals surface area contributed by atoms with Crippen molar-refractivity contribution in [2.75, 3.05) is 26.8 Å². The Bertz CT molecular complexity index is 657. The fourth-order valence-electron chi connectivity index (χ4n) is 2.20. The van der Waals surface area contributed by atoms with Gasteiger partial charge >= 0.3 is 11.9 Å². The van der Waals surface area contributed by atoms with E-state index in [1.54, 1.807) is 0 Å². The van der Waals surface area contributed by atoms with Crippen LogP contribution in [0, 0.1) is 6.92 Å². The van der Waals surface area contributed by atoms with Gasteiger partial charge in [-0.15, -0.1) is 0 Å². The van der Waals surface area contributed by atoms with Crippen molar-refractivity contribution in [3.63, 3.8) is 0 Å². The van der Waals surface area contributed by atoms with Crippen LogP contribution < -0.4 is 10.6 Å². The third-order valence-corrected chi connectivity index (χ3v) is 3.86. The smallest absolute Gasteiger partial charge is 0.306 e. The molecule has 0 unspecified atom stereocenters. The fraction of sp³-hybridized carbons (Fsp3) is 0.500. The molecule has 8 nitrogen and oxygen atoms in total. The topological polar surface area (TPSA) is 111 Å². The highest BCUT2D eigenvalue weighted by molar-refractivity contribution is 5.81. The maximum absolute atomic E-state index is 11.7. The molecule has 0 atom stereocenters. The summed E-state index contributed by atoms with van der Waals surface area (Å²) >= 11 is 0. The minimum Gasteiger partial charge on any atom is -0.462 e. The Kier molecular flexibility index (Phi) is 11.0. The van der Waals surface area contributed by atoms with Gasteiger partial charge in [-0.1, -0.05) is 29.8 Å². The number of carbonyl (C=O) groups is 4. The van der Waals surface area contributed by atoms with Crippen LogP contribution in [-0.2, 0) is 35.1 Å². The fourth-order valence-corrected chi connectivity index (χ4v) is 2.20. The lowest BCUT2D eigenvalue weighted by Crippen LogP contribution is -2.26. The van der Waals surface area contributed by atoms with Gasteiger partial charge in [0.25, 0.3) is 0 Å². The van der Waals surface area contributed by atoms with E-state index in [9.17, 15) is 19.2 Å². The van der Waals surface area contributed by atoms with E-state index in [0.717, 1.165) is 12.0 Å². The number of benzene rings is 1. The summed E-state index contributed by atoms with van der Waals surface area (Å²) in [6.07, 6.45) is 0.742. The second-order valence-electron chi connectivity index (χ2n) is 6.20. The molecule has 0 bridgehead atoms. The van der Waals surface area contributed by atoms with Crippen LogP contribution in [0.2, 0.25) is 0 Å². The summed E-state index contributed by atoms with van der Waals surface area (Å²) in [6.45, 7) is 2.35. The van der Waals surface area contributed by atoms with Gasteiger partial charge in [0, 0.05) is 26.4 Å². The largest absolute Gasteiger partial charge is 0.462 e. The molecular formula is C20H28N2O6. The van der Waals surface area contributed by atoms with Crippen LogP contribution in [-0.4, -0.2) is 50.6 Å². The van der Waals surface area contributed by atoms with Crippen molar-refractivity contribution in [2.24, 2.45) is 0 Å². The predicted octanol–water partition coefficient (Wildman–Crippen LogP) is 1.05. The number of carbonyl (C=O) groups excluding carboxylic acids is 4. The number of rotatable bonds is 12. The summed E-state index contributed by atoms with van der Waals surface area (Å²) in [5.41, 5.74) is 2.32. The highest BCUT2D eigenvalue weighted by Crippen LogP contribution is 2.03. The molecule has 154 valence electrons. The van der Waals surface area contributed by atoms with Crippen LogP contribution in [0.5, 0.6) is 0 Å². The molecule has 1 rings (SSSR count). The molecule has 1 aromatic carbocycles. The first kappa shape index (κ1) is 23.1. The highest BCUT2D eigenvalue weighted by atomic mass is 16.6. The van der Waals surface area contributed by atoms with E-state index in [-0.39, 0.29) is 50.7 Å². The zero-order chi connectivity index (χ0) is 20.8. The molecule has 0 radical (unpaired) electrons. The molecule has 0 spiro atoms. The van der Waals surface area contributed by atoms with Gasteiger partial charge in [0.2, 0.25) is 11.8 Å². The Morgan fingerprint density at radius 1 is 0.821 bits per heavy atom. The average Bonchev–Trinajstić information content (AvgIpc) is 2.69. The maximum Gasteiger partial charge on any atom is 0.306 e. The number of esters is 2. The molecule has 2 N–H and O–H groups in total. The molecule has 0 heterocycles. The van der Waals surface area contributed by atoms with Gasteiger partial charge in [0.05, 0.1) is 12.8 Å². The maximum atomic E-state index is 11.7. The number of nitrogens with one attached hydrogen (secondary N) is 2. The Morgan fingerprint density at radius 2 is 1.36 bits per heavy atom. The monoisotopic (exact) mass is 392 g/mol. The Balaban J connectivity index is 2.04. The van der Waals surface area contributed by atoms with Crippen LogP contribution in [0.1, 0.15) is 36.8 Å². The van der Waals surface area contributed by atoms with Crippen molar-refractivity contribution in [2.45, 2.75) is 39.0 Å². The summed E-state index contributed by atoms with van der Waals surface area (Å²) in [5, 5.41) is 5.16. The molecule has 0 fully saturated rings. The zero-order valence-corrected chi connectivity index (χ0v) is 16.4. The standard InChI is InChI=1S/C20H28N2O6/c1-15-3-5-16(6-4-15)11-12-22-18(24)8-10-20(26)28-14-13-27-19(25)9-7-17(23)21-2/h3-6H,7-14H2,1-2H3,(H,21,23)(H,22,24). The van der Waals surface area contributed by atoms with Crippen molar-refractivity contribution in [1.29, 1.82) is 0 Å². The Morgan fingerprint density at radius 3 is 1.89 bits per heavy atom. The molecule has 28 heavy (non-hydrogen) atoms. The van der Waals surface area contributed by atoms with Gasteiger partial charge < -0.3 is 20.1 Å². The van der Waals surface area contributed by atoms with E-state index in [2.05, 4.69) is 10.6 Å². The molecule has 0 aliphatic carbocycles. The van der Waals surface area contributed by atoms with Crippen molar-refractivity contribution >= 4 is 23.8 Å². The molecule has 0 saturated carbocycles. The summed E-state index contributed by atoms with van der Waals surface area (Å²) in [7, 11) is 1.48. The highest BCUT2D eigenvalue weighted by Gasteiger charge is 2.09. The Hall–Kier alpha value is -2.90. The summed E-state index contributed by atoms with van der Waals surface area (Å²) in [4.78, 5) is 45.7. The zero-order valence-electron chi connectivity index (χ0n) is 16.4. The minimum absolute atomic E-state index is 0.0314. The lowest BCUT2D eigenvalue weighted by molar-refractivity contribution is -0.153. The van der Waals surface area contributed by atoms with E-state index < -0.39 is 11.9 Å². The second-order valence-corrected chi connectivity index (χ2v) is 6.20. The van der Waals surface area contributed by atoms with E-state index in [1.165, 1.54) is 12.6 Å². The van der Waals surface area contributed by atoms with Crippen molar-refractivity contribution in [3.05, 3.63) is 35.4 Å². The number of hydrogen-bond donors (Lipinski definition) is 2. The summed E-state index contributed by atoms with van der Waals surface area (Å²) in [5.74, 6) is -1.53. The SMILES string of the molecule is CNC(=O)CCC(=O)OCCOC(=O)CCC(=O)NCCc1ccc(C)cc1. The van der Waals surface area contributed by atoms with Gasteiger partial charge in [0.15, 0.2) is 0 Å². The van der Waals surface area contributed by atoms with Crippen molar-refractivity contribution in [1.82, 2.24) is 10.6 Å². The van der Waals surface area contributed by atoms with Crippen LogP contribution >= 0.6 is 0 Å². The number of ether oxygens (including phenoxy) is 2. The van der Waals surface area contributed by atoms with Gasteiger partial charge in [-0.3, -0.25) is 19.2 Å². The molecule has 2 amide bonds. The minimum atomic E-state index is -0.535. The molecule has 0 aromatic heterocycles. The van der Waals surface area contributed by atoms with Crippen LogP contribution in [0.15, 0.2) is 24.3 Å². The van der Waals surface area contributed by atoms with E-state index >= 15 is 0 Å². The predicted molar refractivity (Wildman–Crippen MR) is 102 cm³/mol. The third kappa shape index (κ3) is 10.9. The van der Waals surface area contributed by atoms with Crippen molar-refractivity contribution in [3.8, 4) is 0 Å². The van der Waals surface area contributed by atoms with Gasteiger partial charge in [-0.2, -0.15) is 0 Å². The lowest BCUT2D eigenvalue weighted by Gasteiger charge is -2.07. The van der Waals surface area contributed by atoms with Crippen molar-refractivity contribution < 1.29 is 28.7 Å². The lowest BCUT2D eigenvalue weighted by atomic mass is 10.1. The molecule has 1 aromatic rings.